The summed E-state index contributed by atoms with van der Waals surface area (Å²) >= 11 is 0. The van der Waals surface area contributed by atoms with Crippen molar-refractivity contribution in [2.45, 2.75) is 102 Å². The van der Waals surface area contributed by atoms with E-state index in [-0.39, 0.29) is 18.3 Å². The Morgan fingerprint density at radius 1 is 1.18 bits per heavy atom. The summed E-state index contributed by atoms with van der Waals surface area (Å²) < 4.78 is 25.6. The summed E-state index contributed by atoms with van der Waals surface area (Å²) in [6.45, 7) is 2.67. The summed E-state index contributed by atoms with van der Waals surface area (Å²) in [4.78, 5) is 28.2. The molecule has 0 spiro atoms. The number of guanidine groups is 1. The van der Waals surface area contributed by atoms with E-state index in [1.807, 2.05) is 0 Å². The lowest BCUT2D eigenvalue weighted by Gasteiger charge is -2.37. The maximum atomic E-state index is 14.9. The molecule has 11 heteroatoms. The van der Waals surface area contributed by atoms with Crippen LogP contribution in [0.4, 0.5) is 4.39 Å². The Bertz CT molecular complexity index is 686. The lowest BCUT2D eigenvalue weighted by molar-refractivity contribution is -0.148. The number of rotatable bonds is 16. The van der Waals surface area contributed by atoms with Crippen LogP contribution >= 0.6 is 0 Å². The van der Waals surface area contributed by atoms with Crippen molar-refractivity contribution in [1.82, 2.24) is 5.32 Å². The van der Waals surface area contributed by atoms with Crippen LogP contribution < -0.4 is 16.8 Å². The van der Waals surface area contributed by atoms with Crippen LogP contribution in [0.25, 0.3) is 0 Å². The van der Waals surface area contributed by atoms with Crippen LogP contribution in [0, 0.1) is 0 Å². The van der Waals surface area contributed by atoms with E-state index < -0.39 is 48.9 Å². The molecule has 0 aliphatic carbocycles. The van der Waals surface area contributed by atoms with Gasteiger partial charge >= 0.3 is 5.97 Å². The second kappa shape index (κ2) is 16.3. The summed E-state index contributed by atoms with van der Waals surface area (Å²) in [6, 6.07) is -2.18. The molecular weight excluding hydrogens is 447 g/mol. The number of esters is 1. The molecular formula is C23H41FN4O6. The molecule has 10 nitrogen and oxygen atoms in total. The largest absolute Gasteiger partial charge is 0.478 e. The molecule has 34 heavy (non-hydrogen) atoms. The number of ether oxygens (including phenoxy) is 2. The Hall–Kier alpha value is -2.40. The Morgan fingerprint density at radius 2 is 1.76 bits per heavy atom. The molecule has 1 amide bonds. The van der Waals surface area contributed by atoms with Gasteiger partial charge in [-0.05, 0) is 12.5 Å². The number of hydrogen-bond acceptors (Lipinski definition) is 7. The third kappa shape index (κ3) is 10.7. The van der Waals surface area contributed by atoms with Gasteiger partial charge in [-0.3, -0.25) is 4.79 Å². The van der Waals surface area contributed by atoms with Crippen LogP contribution in [0.3, 0.4) is 0 Å². The Kier molecular flexibility index (Phi) is 14.2. The van der Waals surface area contributed by atoms with E-state index in [1.165, 1.54) is 45.1 Å². The van der Waals surface area contributed by atoms with Gasteiger partial charge in [0, 0.05) is 6.92 Å². The highest BCUT2D eigenvalue weighted by molar-refractivity contribution is 5.87. The summed E-state index contributed by atoms with van der Waals surface area (Å²) in [6.07, 6.45) is 5.74. The third-order valence-electron chi connectivity index (χ3n) is 5.53. The van der Waals surface area contributed by atoms with E-state index in [2.05, 4.69) is 17.2 Å². The quantitative estimate of drug-likeness (QED) is 0.0933. The highest BCUT2D eigenvalue weighted by atomic mass is 19.1. The molecule has 1 aliphatic heterocycles. The Balaban J connectivity index is 2.74. The molecule has 1 aliphatic rings. The molecule has 5 unspecified atom stereocenters. The number of nitrogens with two attached hydrogens (primary N) is 2. The van der Waals surface area contributed by atoms with Crippen LogP contribution in [-0.2, 0) is 19.1 Å². The molecule has 0 aromatic heterocycles. The molecule has 0 saturated carbocycles. The van der Waals surface area contributed by atoms with Crippen molar-refractivity contribution in [3.63, 3.8) is 0 Å². The number of nitrogens with one attached hydrogen (secondary N) is 1. The first-order valence-electron chi connectivity index (χ1n) is 12.1. The van der Waals surface area contributed by atoms with Gasteiger partial charge in [0.05, 0.1) is 25.3 Å². The van der Waals surface area contributed by atoms with Gasteiger partial charge in [-0.2, -0.15) is 0 Å². The molecule has 0 saturated heterocycles. The van der Waals surface area contributed by atoms with Crippen LogP contribution in [0.1, 0.15) is 71.6 Å². The number of aliphatic hydroxyl groups excluding tert-OH is 2. The second-order valence-corrected chi connectivity index (χ2v) is 8.54. The maximum Gasteiger partial charge on any atom is 0.373 e. The number of hydrogen-bond donors (Lipinski definition) is 5. The number of alkyl halides is 1. The molecule has 0 radical (unpaired) electrons. The zero-order chi connectivity index (χ0) is 25.5. The van der Waals surface area contributed by atoms with Crippen molar-refractivity contribution in [2.75, 3.05) is 13.2 Å². The smallest absolute Gasteiger partial charge is 0.373 e. The summed E-state index contributed by atoms with van der Waals surface area (Å²) in [5.74, 6) is -2.03. The SMILES string of the molecule is CCCCCCCCCCCOC(=O)C1=CC(N=C(N)N)C(NC(C)=O)C(C(F)C(O)CO)O1. The first-order chi connectivity index (χ1) is 16.2. The van der Waals surface area contributed by atoms with E-state index in [4.69, 9.17) is 26.0 Å². The first-order valence-corrected chi connectivity index (χ1v) is 12.1. The zero-order valence-electron chi connectivity index (χ0n) is 20.2. The highest BCUT2D eigenvalue weighted by Crippen LogP contribution is 2.27. The van der Waals surface area contributed by atoms with Crippen molar-refractivity contribution < 1.29 is 33.7 Å². The monoisotopic (exact) mass is 488 g/mol. The van der Waals surface area contributed by atoms with E-state index in [0.717, 1.165) is 19.3 Å². The molecule has 0 fully saturated rings. The van der Waals surface area contributed by atoms with Gasteiger partial charge < -0.3 is 36.5 Å². The number of carbonyl (C=O) groups excluding carboxylic acids is 2. The Labute approximate surface area is 201 Å². The number of amides is 1. The fraction of sp³-hybridized carbons (Fsp3) is 0.783. The average Bonchev–Trinajstić information content (AvgIpc) is 2.79. The number of carbonyl (C=O) groups is 2. The van der Waals surface area contributed by atoms with E-state index >= 15 is 0 Å². The van der Waals surface area contributed by atoms with Crippen LogP contribution in [-0.4, -0.2) is 71.7 Å². The summed E-state index contributed by atoms with van der Waals surface area (Å²) in [5.41, 5.74) is 10.9. The van der Waals surface area contributed by atoms with E-state index in [9.17, 15) is 19.1 Å². The van der Waals surface area contributed by atoms with Crippen molar-refractivity contribution >= 4 is 17.8 Å². The number of unbranched alkanes of at least 4 members (excludes halogenated alkanes) is 8. The first kappa shape index (κ1) is 29.6. The summed E-state index contributed by atoms with van der Waals surface area (Å²) in [7, 11) is 0. The molecule has 0 aromatic rings. The highest BCUT2D eigenvalue weighted by Gasteiger charge is 2.45. The molecule has 0 aromatic carbocycles. The minimum Gasteiger partial charge on any atom is -0.478 e. The van der Waals surface area contributed by atoms with Crippen LogP contribution in [0.15, 0.2) is 16.8 Å². The predicted molar refractivity (Wildman–Crippen MR) is 126 cm³/mol. The van der Waals surface area contributed by atoms with Crippen molar-refractivity contribution in [1.29, 1.82) is 0 Å². The Morgan fingerprint density at radius 3 is 2.29 bits per heavy atom. The van der Waals surface area contributed by atoms with E-state index in [1.54, 1.807) is 0 Å². The standard InChI is InChI=1S/C23H41FN4O6/c1-3-4-5-6-7-8-9-10-11-12-33-22(32)18-13-16(28-23(25)26)20(27-15(2)30)21(34-18)19(24)17(31)14-29/h13,16-17,19-21,29,31H,3-12,14H2,1-2H3,(H,27,30)(H4,25,26,28). The minimum atomic E-state index is -2.15. The van der Waals surface area contributed by atoms with Crippen molar-refractivity contribution in [3.05, 3.63) is 11.8 Å². The van der Waals surface area contributed by atoms with Gasteiger partial charge in [0.1, 0.15) is 6.10 Å². The van der Waals surface area contributed by atoms with Gasteiger partial charge in [0.15, 0.2) is 18.2 Å². The minimum absolute atomic E-state index is 0.167. The average molecular weight is 489 g/mol. The van der Waals surface area contributed by atoms with Gasteiger partial charge in [-0.1, -0.05) is 58.3 Å². The van der Waals surface area contributed by atoms with Gasteiger partial charge in [0.25, 0.3) is 0 Å². The maximum absolute atomic E-state index is 14.9. The number of nitrogens with zero attached hydrogens (tertiary/aromatic N) is 1. The number of aliphatic imine (C=N–C) groups is 1. The van der Waals surface area contributed by atoms with Crippen LogP contribution in [0.5, 0.6) is 0 Å². The molecule has 0 bridgehead atoms. The number of aliphatic hydroxyl groups is 2. The van der Waals surface area contributed by atoms with Gasteiger partial charge in [0.2, 0.25) is 11.7 Å². The van der Waals surface area contributed by atoms with E-state index in [0.29, 0.717) is 6.42 Å². The van der Waals surface area contributed by atoms with Gasteiger partial charge in [-0.15, -0.1) is 0 Å². The lowest BCUT2D eigenvalue weighted by Crippen LogP contribution is -2.58. The fourth-order valence-corrected chi connectivity index (χ4v) is 3.75. The molecule has 7 N–H and O–H groups in total. The second-order valence-electron chi connectivity index (χ2n) is 8.54. The third-order valence-corrected chi connectivity index (χ3v) is 5.53. The van der Waals surface area contributed by atoms with Gasteiger partial charge in [-0.25, -0.2) is 14.2 Å². The van der Waals surface area contributed by atoms with Crippen molar-refractivity contribution in [3.8, 4) is 0 Å². The zero-order valence-corrected chi connectivity index (χ0v) is 20.2. The fourth-order valence-electron chi connectivity index (χ4n) is 3.75. The molecule has 1 heterocycles. The topological polar surface area (TPSA) is 169 Å². The van der Waals surface area contributed by atoms with Crippen LogP contribution in [0.2, 0.25) is 0 Å². The normalized spacial score (nSPS) is 21.6. The predicted octanol–water partition coefficient (Wildman–Crippen LogP) is 1.18. The number of halogens is 1. The summed E-state index contributed by atoms with van der Waals surface area (Å²) in [5, 5.41) is 21.4. The molecule has 196 valence electrons. The van der Waals surface area contributed by atoms with Crippen molar-refractivity contribution in [2.24, 2.45) is 16.5 Å². The molecule has 5 atom stereocenters. The molecule has 1 rings (SSSR count). The lowest BCUT2D eigenvalue weighted by atomic mass is 9.93.